The number of carbonyl (C=O) groups excluding carboxylic acids is 1. The molecule has 1 aromatic carbocycles. The smallest absolute Gasteiger partial charge is 0.350 e. The Labute approximate surface area is 147 Å². The summed E-state index contributed by atoms with van der Waals surface area (Å²) in [4.78, 5) is 12.2. The number of nitrogens with zero attached hydrogens (tertiary/aromatic N) is 2. The number of aryl methyl sites for hydroxylation is 1. The van der Waals surface area contributed by atoms with E-state index in [0.29, 0.717) is 11.6 Å². The van der Waals surface area contributed by atoms with Gasteiger partial charge in [-0.05, 0) is 24.7 Å². The van der Waals surface area contributed by atoms with Crippen LogP contribution in [0.2, 0.25) is 0 Å². The quantitative estimate of drug-likeness (QED) is 0.784. The predicted molar refractivity (Wildman–Crippen MR) is 85.5 cm³/mol. The minimum atomic E-state index is -4.70. The summed E-state index contributed by atoms with van der Waals surface area (Å²) in [6.45, 7) is -0.369. The average molecular weight is 381 g/mol. The zero-order valence-electron chi connectivity index (χ0n) is 13.4. The van der Waals surface area contributed by atoms with Crippen molar-refractivity contribution in [2.24, 2.45) is 7.05 Å². The van der Waals surface area contributed by atoms with Crippen LogP contribution in [0.25, 0.3) is 0 Å². The number of aromatic nitrogens is 2. The van der Waals surface area contributed by atoms with E-state index in [4.69, 9.17) is 0 Å². The molecule has 0 aliphatic carbocycles. The van der Waals surface area contributed by atoms with Crippen LogP contribution in [-0.4, -0.2) is 22.7 Å². The van der Waals surface area contributed by atoms with Crippen LogP contribution in [0.1, 0.15) is 22.7 Å². The van der Waals surface area contributed by atoms with Gasteiger partial charge in [-0.25, -0.2) is 4.39 Å². The molecule has 0 spiro atoms. The summed E-state index contributed by atoms with van der Waals surface area (Å²) in [6.07, 6.45) is -1.59. The second-order valence-corrected chi connectivity index (χ2v) is 5.19. The Morgan fingerprint density at radius 3 is 2.56 bits per heavy atom. The number of hydrogen-bond acceptors (Lipinski definition) is 3. The molecule has 0 fully saturated rings. The van der Waals surface area contributed by atoms with E-state index in [1.165, 1.54) is 10.9 Å². The third-order valence-electron chi connectivity index (χ3n) is 3.44. The monoisotopic (exact) mass is 380 g/mol. The maximum absolute atomic E-state index is 13.1. The molecule has 0 radical (unpaired) electrons. The molecule has 0 saturated heterocycles. The van der Waals surface area contributed by atoms with Crippen molar-refractivity contribution in [3.05, 3.63) is 53.1 Å². The van der Waals surface area contributed by atoms with Crippen LogP contribution in [0.5, 0.6) is 0 Å². The first kappa shape index (κ1) is 20.9. The Hall–Kier alpha value is -2.13. The van der Waals surface area contributed by atoms with E-state index < -0.39 is 29.5 Å². The number of rotatable bonds is 5. The minimum Gasteiger partial charge on any atom is -0.350 e. The van der Waals surface area contributed by atoms with Crippen molar-refractivity contribution in [3.63, 3.8) is 0 Å². The fraction of sp³-hybridized carbons (Fsp3) is 0.333. The van der Waals surface area contributed by atoms with Crippen LogP contribution < -0.4 is 10.6 Å². The molecule has 25 heavy (non-hydrogen) atoms. The maximum Gasteiger partial charge on any atom is 0.416 e. The van der Waals surface area contributed by atoms with E-state index in [9.17, 15) is 22.4 Å². The minimum absolute atomic E-state index is 0. The first-order valence-electron chi connectivity index (χ1n) is 7.01. The average Bonchev–Trinajstić information content (AvgIpc) is 2.92. The molecule has 1 atom stereocenters. The lowest BCUT2D eigenvalue weighted by Crippen LogP contribution is -2.35. The number of nitrogens with one attached hydrogen (secondary N) is 2. The van der Waals surface area contributed by atoms with Crippen molar-refractivity contribution < 1.29 is 22.4 Å². The van der Waals surface area contributed by atoms with Gasteiger partial charge in [0, 0.05) is 25.4 Å². The fourth-order valence-corrected chi connectivity index (χ4v) is 2.29. The lowest BCUT2D eigenvalue weighted by atomic mass is 10.1. The zero-order chi connectivity index (χ0) is 17.9. The summed E-state index contributed by atoms with van der Waals surface area (Å²) in [7, 11) is 3.23. The lowest BCUT2D eigenvalue weighted by molar-refractivity contribution is -0.138. The summed E-state index contributed by atoms with van der Waals surface area (Å²) < 4.78 is 53.4. The molecular formula is C15H17ClF4N4O. The topological polar surface area (TPSA) is 59.0 Å². The van der Waals surface area contributed by atoms with Crippen molar-refractivity contribution >= 4 is 18.3 Å². The predicted octanol–water partition coefficient (Wildman–Crippen LogP) is 2.58. The van der Waals surface area contributed by atoms with Crippen LogP contribution in [0.3, 0.4) is 0 Å². The highest BCUT2D eigenvalue weighted by atomic mass is 35.5. The van der Waals surface area contributed by atoms with Crippen molar-refractivity contribution in [1.29, 1.82) is 0 Å². The van der Waals surface area contributed by atoms with Crippen molar-refractivity contribution in [3.8, 4) is 0 Å². The van der Waals surface area contributed by atoms with Crippen LogP contribution in [0, 0.1) is 5.82 Å². The molecule has 0 aliphatic heterocycles. The number of alkyl halides is 3. The first-order valence-corrected chi connectivity index (χ1v) is 7.01. The van der Waals surface area contributed by atoms with Gasteiger partial charge in [0.1, 0.15) is 11.9 Å². The number of amides is 1. The third-order valence-corrected chi connectivity index (χ3v) is 3.44. The number of carbonyl (C=O) groups is 1. The normalized spacial score (nSPS) is 12.4. The van der Waals surface area contributed by atoms with Gasteiger partial charge in [0.15, 0.2) is 0 Å². The second kappa shape index (κ2) is 8.30. The summed E-state index contributed by atoms with van der Waals surface area (Å²) in [6, 6.07) is 1.59. The van der Waals surface area contributed by atoms with Gasteiger partial charge in [0.2, 0.25) is 5.91 Å². The second-order valence-electron chi connectivity index (χ2n) is 5.19. The molecule has 2 N–H and O–H groups in total. The number of likely N-dealkylation sites (N-methyl/N-ethyl adjacent to an activating group) is 1. The molecule has 2 aromatic rings. The summed E-state index contributed by atoms with van der Waals surface area (Å²) in [5, 5.41) is 9.15. The van der Waals surface area contributed by atoms with E-state index in [1.54, 1.807) is 20.3 Å². The Balaban J connectivity index is 0.00000312. The molecule has 5 nitrogen and oxygen atoms in total. The molecule has 1 heterocycles. The standard InChI is InChI=1S/C15H16F4N4O.ClH/c1-20-13(10-7-22-23(2)8-10)14(24)21-6-9-3-4-11(16)5-12(9)15(17,18)19;/h3-5,7-8,13,20H,6H2,1-2H3,(H,21,24);1H. The van der Waals surface area contributed by atoms with Gasteiger partial charge in [-0.1, -0.05) is 6.07 Å². The Morgan fingerprint density at radius 2 is 2.04 bits per heavy atom. The number of hydrogen-bond donors (Lipinski definition) is 2. The Morgan fingerprint density at radius 1 is 1.36 bits per heavy atom. The molecular weight excluding hydrogens is 364 g/mol. The van der Waals surface area contributed by atoms with Crippen LogP contribution in [-0.2, 0) is 24.6 Å². The number of halogens is 5. The van der Waals surface area contributed by atoms with Crippen molar-refractivity contribution in [2.45, 2.75) is 18.8 Å². The molecule has 0 aliphatic rings. The Kier molecular flexibility index (Phi) is 6.95. The lowest BCUT2D eigenvalue weighted by Gasteiger charge is -2.17. The maximum atomic E-state index is 13.1. The highest BCUT2D eigenvalue weighted by Gasteiger charge is 2.34. The highest BCUT2D eigenvalue weighted by molar-refractivity contribution is 5.85. The molecule has 1 unspecified atom stereocenters. The summed E-state index contributed by atoms with van der Waals surface area (Å²) >= 11 is 0. The van der Waals surface area contributed by atoms with Crippen LogP contribution in [0.4, 0.5) is 17.6 Å². The van der Waals surface area contributed by atoms with E-state index in [0.717, 1.165) is 12.1 Å². The molecule has 0 saturated carbocycles. The van der Waals surface area contributed by atoms with Crippen molar-refractivity contribution in [2.75, 3.05) is 7.05 Å². The SMILES string of the molecule is CNC(C(=O)NCc1ccc(F)cc1C(F)(F)F)c1cnn(C)c1.Cl. The van der Waals surface area contributed by atoms with E-state index in [-0.39, 0.29) is 24.5 Å². The van der Waals surface area contributed by atoms with Gasteiger partial charge in [-0.3, -0.25) is 9.48 Å². The van der Waals surface area contributed by atoms with E-state index >= 15 is 0 Å². The molecule has 138 valence electrons. The molecule has 2 rings (SSSR count). The summed E-state index contributed by atoms with van der Waals surface area (Å²) in [5.41, 5.74) is -0.740. The van der Waals surface area contributed by atoms with Gasteiger partial charge in [-0.2, -0.15) is 18.3 Å². The van der Waals surface area contributed by atoms with E-state index in [2.05, 4.69) is 15.7 Å². The number of benzene rings is 1. The zero-order valence-corrected chi connectivity index (χ0v) is 14.2. The van der Waals surface area contributed by atoms with Crippen LogP contribution >= 0.6 is 12.4 Å². The van der Waals surface area contributed by atoms with Gasteiger partial charge in [0.25, 0.3) is 0 Å². The third kappa shape index (κ3) is 5.17. The van der Waals surface area contributed by atoms with Gasteiger partial charge < -0.3 is 10.6 Å². The molecule has 1 aromatic heterocycles. The fourth-order valence-electron chi connectivity index (χ4n) is 2.29. The van der Waals surface area contributed by atoms with Gasteiger partial charge in [-0.15, -0.1) is 12.4 Å². The van der Waals surface area contributed by atoms with Crippen LogP contribution in [0.15, 0.2) is 30.6 Å². The van der Waals surface area contributed by atoms with Crippen molar-refractivity contribution in [1.82, 2.24) is 20.4 Å². The van der Waals surface area contributed by atoms with Gasteiger partial charge >= 0.3 is 6.18 Å². The Bertz CT molecular complexity index is 733. The molecule has 10 heteroatoms. The summed E-state index contributed by atoms with van der Waals surface area (Å²) in [5.74, 6) is -1.50. The molecule has 1 amide bonds. The molecule has 0 bridgehead atoms. The largest absolute Gasteiger partial charge is 0.416 e. The van der Waals surface area contributed by atoms with E-state index in [1.807, 2.05) is 0 Å². The first-order chi connectivity index (χ1) is 11.2. The van der Waals surface area contributed by atoms with Gasteiger partial charge in [0.05, 0.1) is 11.8 Å². The highest BCUT2D eigenvalue weighted by Crippen LogP contribution is 2.32.